The number of amides is 1. The van der Waals surface area contributed by atoms with Crippen LogP contribution in [0.25, 0.3) is 11.3 Å². The molecule has 0 saturated carbocycles. The lowest BCUT2D eigenvalue weighted by Gasteiger charge is -2.35. The topological polar surface area (TPSA) is 83.6 Å². The lowest BCUT2D eigenvalue weighted by molar-refractivity contribution is -0.140. The van der Waals surface area contributed by atoms with E-state index in [1.807, 2.05) is 0 Å². The van der Waals surface area contributed by atoms with Crippen molar-refractivity contribution in [1.82, 2.24) is 9.88 Å². The van der Waals surface area contributed by atoms with Crippen LogP contribution in [0, 0.1) is 5.82 Å². The molecule has 6 nitrogen and oxygen atoms in total. The van der Waals surface area contributed by atoms with Gasteiger partial charge in [0.25, 0.3) is 0 Å². The number of carboxylic acids is 1. The first-order chi connectivity index (χ1) is 13.0. The van der Waals surface area contributed by atoms with Gasteiger partial charge >= 0.3 is 5.97 Å². The number of aliphatic carboxylic acids is 1. The highest BCUT2D eigenvalue weighted by atomic mass is 19.1. The number of carbonyl (C=O) groups excluding carboxylic acids is 1. The van der Waals surface area contributed by atoms with E-state index >= 15 is 0 Å². The third-order valence-corrected chi connectivity index (χ3v) is 4.88. The van der Waals surface area contributed by atoms with Crippen molar-refractivity contribution in [3.63, 3.8) is 0 Å². The SMILES string of the molecule is O=C(O)CC[C@@H]1CCCCN1C(=O)CCc1ncc(-c2ccccc2F)o1. The van der Waals surface area contributed by atoms with Crippen molar-refractivity contribution in [3.05, 3.63) is 42.2 Å². The van der Waals surface area contributed by atoms with Crippen LogP contribution in [-0.4, -0.2) is 39.5 Å². The van der Waals surface area contributed by atoms with Gasteiger partial charge in [-0.05, 0) is 37.8 Å². The second-order valence-electron chi connectivity index (χ2n) is 6.77. The maximum absolute atomic E-state index is 13.8. The molecule has 0 radical (unpaired) electrons. The fourth-order valence-electron chi connectivity index (χ4n) is 3.49. The van der Waals surface area contributed by atoms with E-state index in [-0.39, 0.29) is 30.6 Å². The van der Waals surface area contributed by atoms with Crippen LogP contribution >= 0.6 is 0 Å². The Hall–Kier alpha value is -2.70. The molecule has 0 aliphatic carbocycles. The van der Waals surface area contributed by atoms with E-state index in [0.29, 0.717) is 36.6 Å². The summed E-state index contributed by atoms with van der Waals surface area (Å²) in [5.41, 5.74) is 0.340. The number of oxazole rings is 1. The van der Waals surface area contributed by atoms with Crippen molar-refractivity contribution in [2.24, 2.45) is 0 Å². The van der Waals surface area contributed by atoms with Crippen molar-refractivity contribution in [1.29, 1.82) is 0 Å². The summed E-state index contributed by atoms with van der Waals surface area (Å²) in [7, 11) is 0. The first-order valence-corrected chi connectivity index (χ1v) is 9.25. The number of hydrogen-bond acceptors (Lipinski definition) is 4. The Morgan fingerprint density at radius 3 is 2.85 bits per heavy atom. The fourth-order valence-corrected chi connectivity index (χ4v) is 3.49. The third kappa shape index (κ3) is 4.93. The normalized spacial score (nSPS) is 17.1. The lowest BCUT2D eigenvalue weighted by Crippen LogP contribution is -2.44. The van der Waals surface area contributed by atoms with E-state index in [2.05, 4.69) is 4.98 Å². The molecule has 1 saturated heterocycles. The Balaban J connectivity index is 1.58. The first-order valence-electron chi connectivity index (χ1n) is 9.25. The highest BCUT2D eigenvalue weighted by Crippen LogP contribution is 2.25. The Morgan fingerprint density at radius 2 is 2.07 bits per heavy atom. The lowest BCUT2D eigenvalue weighted by atomic mass is 9.97. The molecule has 0 spiro atoms. The third-order valence-electron chi connectivity index (χ3n) is 4.88. The molecule has 1 aromatic carbocycles. The number of halogens is 1. The van der Waals surface area contributed by atoms with E-state index in [4.69, 9.17) is 9.52 Å². The second kappa shape index (κ2) is 8.79. The molecule has 0 bridgehead atoms. The number of nitrogens with zero attached hydrogens (tertiary/aromatic N) is 2. The number of rotatable bonds is 7. The number of hydrogen-bond donors (Lipinski definition) is 1. The molecule has 1 aliphatic heterocycles. The van der Waals surface area contributed by atoms with Gasteiger partial charge in [0, 0.05) is 31.8 Å². The van der Waals surface area contributed by atoms with Crippen LogP contribution in [0.1, 0.15) is 44.4 Å². The summed E-state index contributed by atoms with van der Waals surface area (Å²) < 4.78 is 19.4. The predicted molar refractivity (Wildman–Crippen MR) is 96.4 cm³/mol. The van der Waals surface area contributed by atoms with Gasteiger partial charge in [-0.15, -0.1) is 0 Å². The summed E-state index contributed by atoms with van der Waals surface area (Å²) in [6.45, 7) is 0.662. The molecule has 1 N–H and O–H groups in total. The average molecular weight is 374 g/mol. The molecule has 1 aliphatic rings. The van der Waals surface area contributed by atoms with Crippen LogP contribution in [0.15, 0.2) is 34.9 Å². The summed E-state index contributed by atoms with van der Waals surface area (Å²) in [6, 6.07) is 6.28. The predicted octanol–water partition coefficient (Wildman–Crippen LogP) is 3.66. The zero-order valence-electron chi connectivity index (χ0n) is 15.1. The molecule has 1 atom stereocenters. The average Bonchev–Trinajstić information content (AvgIpc) is 3.14. The molecule has 2 aromatic rings. The van der Waals surface area contributed by atoms with Gasteiger partial charge in [-0.1, -0.05) is 12.1 Å². The van der Waals surface area contributed by atoms with Gasteiger partial charge < -0.3 is 14.4 Å². The van der Waals surface area contributed by atoms with Crippen LogP contribution in [0.4, 0.5) is 4.39 Å². The molecule has 1 fully saturated rings. The minimum atomic E-state index is -0.839. The summed E-state index contributed by atoms with van der Waals surface area (Å²) in [5, 5.41) is 8.89. The van der Waals surface area contributed by atoms with Crippen molar-refractivity contribution in [2.75, 3.05) is 6.54 Å². The molecule has 2 heterocycles. The highest BCUT2D eigenvalue weighted by Gasteiger charge is 2.27. The van der Waals surface area contributed by atoms with Crippen LogP contribution < -0.4 is 0 Å². The van der Waals surface area contributed by atoms with Gasteiger partial charge in [-0.25, -0.2) is 9.37 Å². The minimum absolute atomic E-state index is 0.0131. The van der Waals surface area contributed by atoms with E-state index in [1.54, 1.807) is 23.1 Å². The van der Waals surface area contributed by atoms with E-state index in [0.717, 1.165) is 19.3 Å². The van der Waals surface area contributed by atoms with Crippen LogP contribution in [0.5, 0.6) is 0 Å². The number of piperidine rings is 1. The summed E-state index contributed by atoms with van der Waals surface area (Å²) in [6.07, 6.45) is 5.38. The molecule has 1 amide bonds. The number of carbonyl (C=O) groups is 2. The minimum Gasteiger partial charge on any atom is -0.481 e. The Bertz CT molecular complexity index is 805. The quantitative estimate of drug-likeness (QED) is 0.800. The van der Waals surface area contributed by atoms with E-state index in [9.17, 15) is 14.0 Å². The largest absolute Gasteiger partial charge is 0.481 e. The van der Waals surface area contributed by atoms with Gasteiger partial charge in [0.1, 0.15) is 5.82 Å². The molecule has 144 valence electrons. The van der Waals surface area contributed by atoms with E-state index < -0.39 is 5.97 Å². The summed E-state index contributed by atoms with van der Waals surface area (Å²) in [4.78, 5) is 29.4. The van der Waals surface area contributed by atoms with Crippen molar-refractivity contribution in [3.8, 4) is 11.3 Å². The zero-order valence-corrected chi connectivity index (χ0v) is 15.1. The van der Waals surface area contributed by atoms with Crippen LogP contribution in [0.2, 0.25) is 0 Å². The van der Waals surface area contributed by atoms with Gasteiger partial charge in [0.05, 0.1) is 11.8 Å². The smallest absolute Gasteiger partial charge is 0.303 e. The summed E-state index contributed by atoms with van der Waals surface area (Å²) in [5.74, 6) is -0.511. The van der Waals surface area contributed by atoms with Crippen molar-refractivity contribution in [2.45, 2.75) is 51.0 Å². The second-order valence-corrected chi connectivity index (χ2v) is 6.77. The molecule has 0 unspecified atom stereocenters. The molecule has 3 rings (SSSR count). The van der Waals surface area contributed by atoms with Gasteiger partial charge in [0.15, 0.2) is 11.7 Å². The van der Waals surface area contributed by atoms with Crippen LogP contribution in [0.3, 0.4) is 0 Å². The Morgan fingerprint density at radius 1 is 1.26 bits per heavy atom. The summed E-state index contributed by atoms with van der Waals surface area (Å²) >= 11 is 0. The van der Waals surface area contributed by atoms with Crippen LogP contribution in [-0.2, 0) is 16.0 Å². The Kier molecular flexibility index (Phi) is 6.21. The number of aryl methyl sites for hydroxylation is 1. The van der Waals surface area contributed by atoms with Crippen molar-refractivity contribution < 1.29 is 23.5 Å². The zero-order chi connectivity index (χ0) is 19.2. The molecule has 27 heavy (non-hydrogen) atoms. The number of carboxylic acid groups (broad SMARTS) is 1. The van der Waals surface area contributed by atoms with E-state index in [1.165, 1.54) is 12.3 Å². The first kappa shape index (κ1) is 19.1. The number of benzene rings is 1. The van der Waals surface area contributed by atoms with Gasteiger partial charge in [0.2, 0.25) is 5.91 Å². The standard InChI is InChI=1S/C20H23FN2O4/c21-16-7-2-1-6-15(16)17-13-22-18(27-17)9-10-19(24)23-12-4-3-5-14(23)8-11-20(25)26/h1-2,6-7,13-14H,3-5,8-12H2,(H,25,26)/t14-/m0/s1. The maximum Gasteiger partial charge on any atom is 0.303 e. The highest BCUT2D eigenvalue weighted by molar-refractivity contribution is 5.77. The monoisotopic (exact) mass is 374 g/mol. The molecule has 1 aromatic heterocycles. The van der Waals surface area contributed by atoms with Gasteiger partial charge in [-0.3, -0.25) is 9.59 Å². The molecular formula is C20H23FN2O4. The fraction of sp³-hybridized carbons (Fsp3) is 0.450. The Labute approximate surface area is 157 Å². The molecule has 7 heteroatoms. The molecular weight excluding hydrogens is 351 g/mol. The number of aromatic nitrogens is 1. The maximum atomic E-state index is 13.8. The number of likely N-dealkylation sites (tertiary alicyclic amines) is 1. The van der Waals surface area contributed by atoms with Crippen molar-refractivity contribution >= 4 is 11.9 Å². The van der Waals surface area contributed by atoms with Gasteiger partial charge in [-0.2, -0.15) is 0 Å².